The second kappa shape index (κ2) is 7.92. The Morgan fingerprint density at radius 2 is 1.81 bits per heavy atom. The summed E-state index contributed by atoms with van der Waals surface area (Å²) in [5.41, 5.74) is 0.168. The van der Waals surface area contributed by atoms with Gasteiger partial charge < -0.3 is 14.6 Å². The number of hydrogen-bond donors (Lipinski definition) is 1. The van der Waals surface area contributed by atoms with Crippen molar-refractivity contribution in [1.82, 2.24) is 0 Å². The second-order valence-electron chi connectivity index (χ2n) is 6.85. The van der Waals surface area contributed by atoms with Gasteiger partial charge in [-0.15, -0.1) is 0 Å². The summed E-state index contributed by atoms with van der Waals surface area (Å²) in [6.45, 7) is 1.93. The number of ether oxygens (including phenoxy) is 2. The summed E-state index contributed by atoms with van der Waals surface area (Å²) < 4.78 is 10.3. The molecule has 0 aromatic heterocycles. The van der Waals surface area contributed by atoms with Gasteiger partial charge in [0.15, 0.2) is 5.78 Å². The van der Waals surface area contributed by atoms with E-state index in [0.717, 1.165) is 5.56 Å². The first-order valence-corrected chi connectivity index (χ1v) is 9.09. The molecule has 1 aliphatic rings. The van der Waals surface area contributed by atoms with E-state index in [1.165, 1.54) is 0 Å². The summed E-state index contributed by atoms with van der Waals surface area (Å²) in [6.07, 6.45) is 0.158. The highest BCUT2D eigenvalue weighted by atomic mass is 16.5. The summed E-state index contributed by atoms with van der Waals surface area (Å²) in [6, 6.07) is 16.4. The summed E-state index contributed by atoms with van der Waals surface area (Å²) in [5, 5.41) is 11.3. The molecule has 5 nitrogen and oxygen atoms in total. The van der Waals surface area contributed by atoms with Gasteiger partial charge in [-0.1, -0.05) is 42.5 Å². The Bertz CT molecular complexity index is 799. The molecular formula is C22H24O5. The minimum absolute atomic E-state index is 0.104. The Balaban J connectivity index is 2.01. The molecule has 142 valence electrons. The van der Waals surface area contributed by atoms with Gasteiger partial charge in [0, 0.05) is 12.3 Å². The lowest BCUT2D eigenvalue weighted by atomic mass is 9.66. The Morgan fingerprint density at radius 3 is 2.41 bits per heavy atom. The van der Waals surface area contributed by atoms with Crippen LogP contribution in [0.2, 0.25) is 0 Å². The van der Waals surface area contributed by atoms with Gasteiger partial charge in [-0.3, -0.25) is 9.59 Å². The first-order valence-electron chi connectivity index (χ1n) is 9.09. The molecule has 1 saturated carbocycles. The number of Topliss-reactive ketones (excluding diaryl/α,β-unsaturated/α-hetero) is 1. The van der Waals surface area contributed by atoms with Crippen LogP contribution in [0.1, 0.15) is 36.8 Å². The lowest BCUT2D eigenvalue weighted by molar-refractivity contribution is -0.158. The highest BCUT2D eigenvalue weighted by molar-refractivity contribution is 6.01. The zero-order chi connectivity index (χ0) is 19.4. The minimum Gasteiger partial charge on any atom is -0.497 e. The van der Waals surface area contributed by atoms with Crippen LogP contribution >= 0.6 is 0 Å². The number of carbonyl (C=O) groups excluding carboxylic acids is 2. The lowest BCUT2D eigenvalue weighted by Crippen LogP contribution is -2.45. The zero-order valence-electron chi connectivity index (χ0n) is 15.6. The third-order valence-electron chi connectivity index (χ3n) is 5.17. The monoisotopic (exact) mass is 368 g/mol. The summed E-state index contributed by atoms with van der Waals surface area (Å²) >= 11 is 0. The van der Waals surface area contributed by atoms with Crippen LogP contribution in [0, 0.1) is 5.92 Å². The normalized spacial score (nSPS) is 25.1. The molecule has 1 fully saturated rings. The van der Waals surface area contributed by atoms with E-state index in [4.69, 9.17) is 9.47 Å². The number of rotatable bonds is 5. The number of aliphatic hydroxyl groups is 1. The average Bonchev–Trinajstić information content (AvgIpc) is 2.68. The molecule has 0 aliphatic heterocycles. The molecule has 1 aliphatic carbocycles. The molecule has 5 heteroatoms. The van der Waals surface area contributed by atoms with E-state index in [2.05, 4.69) is 0 Å². The van der Waals surface area contributed by atoms with Crippen LogP contribution in [-0.2, 0) is 19.9 Å². The molecule has 3 rings (SSSR count). The van der Waals surface area contributed by atoms with Crippen LogP contribution in [0.5, 0.6) is 5.75 Å². The van der Waals surface area contributed by atoms with Crippen LogP contribution in [0.3, 0.4) is 0 Å². The Labute approximate surface area is 158 Å². The van der Waals surface area contributed by atoms with Crippen molar-refractivity contribution in [2.45, 2.75) is 31.3 Å². The van der Waals surface area contributed by atoms with Gasteiger partial charge in [0.05, 0.1) is 19.3 Å². The van der Waals surface area contributed by atoms with E-state index in [0.29, 0.717) is 11.3 Å². The molecule has 0 amide bonds. The van der Waals surface area contributed by atoms with E-state index in [1.807, 2.05) is 42.5 Å². The van der Waals surface area contributed by atoms with Crippen LogP contribution in [0.4, 0.5) is 0 Å². The number of carbonyl (C=O) groups is 2. The van der Waals surface area contributed by atoms with Crippen LogP contribution in [-0.4, -0.2) is 30.6 Å². The molecule has 27 heavy (non-hydrogen) atoms. The van der Waals surface area contributed by atoms with Gasteiger partial charge in [-0.05, 0) is 36.6 Å². The van der Waals surface area contributed by atoms with Gasteiger partial charge in [-0.2, -0.15) is 0 Å². The second-order valence-corrected chi connectivity index (χ2v) is 6.85. The maximum absolute atomic E-state index is 12.9. The molecule has 2 aromatic rings. The van der Waals surface area contributed by atoms with Crippen molar-refractivity contribution in [3.05, 3.63) is 65.7 Å². The van der Waals surface area contributed by atoms with Crippen LogP contribution in [0.25, 0.3) is 0 Å². The van der Waals surface area contributed by atoms with Crippen molar-refractivity contribution >= 4 is 11.8 Å². The fourth-order valence-electron chi connectivity index (χ4n) is 3.83. The lowest BCUT2D eigenvalue weighted by Gasteiger charge is -2.40. The molecule has 0 spiro atoms. The zero-order valence-corrected chi connectivity index (χ0v) is 15.6. The van der Waals surface area contributed by atoms with Crippen molar-refractivity contribution in [3.8, 4) is 5.75 Å². The summed E-state index contributed by atoms with van der Waals surface area (Å²) in [7, 11) is 1.58. The number of methoxy groups -OCH3 is 1. The first-order chi connectivity index (χ1) is 13.0. The van der Waals surface area contributed by atoms with Crippen LogP contribution in [0.15, 0.2) is 54.6 Å². The molecule has 0 unspecified atom stereocenters. The third kappa shape index (κ3) is 3.88. The third-order valence-corrected chi connectivity index (χ3v) is 5.17. The van der Waals surface area contributed by atoms with E-state index >= 15 is 0 Å². The molecule has 0 heterocycles. The maximum Gasteiger partial charge on any atom is 0.317 e. The van der Waals surface area contributed by atoms with Gasteiger partial charge >= 0.3 is 5.97 Å². The van der Waals surface area contributed by atoms with Gasteiger partial charge in [0.2, 0.25) is 0 Å². The highest BCUT2D eigenvalue weighted by Crippen LogP contribution is 2.46. The standard InChI is InChI=1S/C22H24O5/c1-3-27-21(24)20-18(15-9-11-17(26-2)12-10-15)13-22(25,14-19(20)23)16-7-5-4-6-8-16/h4-12,18,20,25H,3,13-14H2,1-2H3/t18-,20-,22+/m0/s1. The predicted molar refractivity (Wildman–Crippen MR) is 100 cm³/mol. The smallest absolute Gasteiger partial charge is 0.317 e. The van der Waals surface area contributed by atoms with E-state index in [9.17, 15) is 14.7 Å². The van der Waals surface area contributed by atoms with Crippen molar-refractivity contribution in [3.63, 3.8) is 0 Å². The number of benzene rings is 2. The summed E-state index contributed by atoms with van der Waals surface area (Å²) in [5.74, 6) is -1.53. The average molecular weight is 368 g/mol. The topological polar surface area (TPSA) is 72.8 Å². The predicted octanol–water partition coefficient (Wildman–Crippen LogP) is 3.21. The number of esters is 1. The van der Waals surface area contributed by atoms with Crippen molar-refractivity contribution in [1.29, 1.82) is 0 Å². The van der Waals surface area contributed by atoms with E-state index in [-0.39, 0.29) is 25.2 Å². The number of hydrogen-bond acceptors (Lipinski definition) is 5. The molecule has 1 N–H and O–H groups in total. The SMILES string of the molecule is CCOC(=O)[C@@H]1C(=O)C[C@@](O)(c2ccccc2)C[C@H]1c1ccc(OC)cc1. The molecule has 0 bridgehead atoms. The highest BCUT2D eigenvalue weighted by Gasteiger charge is 2.49. The maximum atomic E-state index is 12.9. The molecule has 2 aromatic carbocycles. The largest absolute Gasteiger partial charge is 0.497 e. The number of ketones is 1. The molecule has 0 saturated heterocycles. The van der Waals surface area contributed by atoms with Crippen molar-refractivity contribution in [2.75, 3.05) is 13.7 Å². The molecule has 3 atom stereocenters. The van der Waals surface area contributed by atoms with Crippen LogP contribution < -0.4 is 4.74 Å². The van der Waals surface area contributed by atoms with E-state index < -0.39 is 23.4 Å². The Kier molecular flexibility index (Phi) is 5.61. The Hall–Kier alpha value is -2.66. The van der Waals surface area contributed by atoms with Gasteiger partial charge in [-0.25, -0.2) is 0 Å². The molecular weight excluding hydrogens is 344 g/mol. The summed E-state index contributed by atoms with van der Waals surface area (Å²) in [4.78, 5) is 25.4. The minimum atomic E-state index is -1.31. The van der Waals surface area contributed by atoms with Crippen molar-refractivity contribution < 1.29 is 24.2 Å². The molecule has 0 radical (unpaired) electrons. The first kappa shape index (κ1) is 19.1. The fraction of sp³-hybridized carbons (Fsp3) is 0.364. The Morgan fingerprint density at radius 1 is 1.15 bits per heavy atom. The van der Waals surface area contributed by atoms with Gasteiger partial charge in [0.25, 0.3) is 0 Å². The van der Waals surface area contributed by atoms with E-state index in [1.54, 1.807) is 26.2 Å². The quantitative estimate of drug-likeness (QED) is 0.648. The fourth-order valence-corrected chi connectivity index (χ4v) is 3.83. The van der Waals surface area contributed by atoms with Crippen molar-refractivity contribution in [2.24, 2.45) is 5.92 Å². The van der Waals surface area contributed by atoms with Gasteiger partial charge in [0.1, 0.15) is 11.7 Å².